The van der Waals surface area contributed by atoms with Crippen LogP contribution in [0.5, 0.6) is 0 Å². The number of nitrogens with zero attached hydrogens (tertiary/aromatic N) is 3. The Kier molecular flexibility index (Phi) is 5.07. The van der Waals surface area contributed by atoms with E-state index in [4.69, 9.17) is 17.0 Å². The molecule has 32 heavy (non-hydrogen) atoms. The number of pyridine rings is 1. The second-order valence-electron chi connectivity index (χ2n) is 8.50. The zero-order chi connectivity index (χ0) is 22.5. The minimum atomic E-state index is -0.519. The molecule has 164 valence electrons. The molecule has 2 saturated heterocycles. The minimum Gasteiger partial charge on any atom is -0.442 e. The number of cyclic esters (lactones) is 1. The van der Waals surface area contributed by atoms with E-state index >= 15 is 0 Å². The van der Waals surface area contributed by atoms with Crippen molar-refractivity contribution in [2.45, 2.75) is 18.4 Å². The SMILES string of the molecule is CC(=S)NC[C@H]1CN(c2ccc(-c3ccc([C@@]4(C#N)[C@@H]5CNC[C@@H]54)nc3)c(F)c2)C(=O)O1. The molecule has 2 aromatic rings. The standard InChI is InChI=1S/C23H22FN5O2S/c1-13(32)27-8-16-11-29(22(30)31-16)15-3-4-17(20(24)6-15)14-2-5-21(28-7-14)23(12-25)18-9-26-10-19(18)23/h2-7,16,18-19,26H,8-11H2,1H3,(H,27,32)/t16-,18-,19+,23+/m0/s1. The monoisotopic (exact) mass is 451 g/mol. The van der Waals surface area contributed by atoms with Crippen LogP contribution < -0.4 is 15.5 Å². The van der Waals surface area contributed by atoms with Crippen LogP contribution in [0.25, 0.3) is 11.1 Å². The van der Waals surface area contributed by atoms with E-state index in [9.17, 15) is 14.4 Å². The van der Waals surface area contributed by atoms with Crippen molar-refractivity contribution < 1.29 is 13.9 Å². The van der Waals surface area contributed by atoms with Crippen molar-refractivity contribution in [3.63, 3.8) is 0 Å². The number of nitrogens with one attached hydrogen (secondary N) is 2. The number of anilines is 1. The van der Waals surface area contributed by atoms with Crippen molar-refractivity contribution in [3.8, 4) is 17.2 Å². The van der Waals surface area contributed by atoms with E-state index in [1.807, 2.05) is 6.07 Å². The second kappa shape index (κ2) is 7.80. The van der Waals surface area contributed by atoms with Gasteiger partial charge in [-0.1, -0.05) is 18.3 Å². The summed E-state index contributed by atoms with van der Waals surface area (Å²) in [6, 6.07) is 10.8. The average Bonchev–Trinajstić information content (AvgIpc) is 3.09. The molecular formula is C23H22FN5O2S. The zero-order valence-electron chi connectivity index (χ0n) is 17.5. The van der Waals surface area contributed by atoms with E-state index in [2.05, 4.69) is 21.7 Å². The number of carbonyl (C=O) groups excluding carboxylic acids is 1. The van der Waals surface area contributed by atoms with Crippen LogP contribution in [0.1, 0.15) is 12.6 Å². The number of piperidine rings is 1. The van der Waals surface area contributed by atoms with Gasteiger partial charge in [-0.25, -0.2) is 9.18 Å². The topological polar surface area (TPSA) is 90.3 Å². The molecule has 1 aliphatic carbocycles. The molecule has 1 amide bonds. The first-order valence-electron chi connectivity index (χ1n) is 10.5. The number of nitriles is 1. The Bertz CT molecular complexity index is 1120. The van der Waals surface area contributed by atoms with Crippen molar-refractivity contribution in [3.05, 3.63) is 48.0 Å². The normalized spacial score (nSPS) is 28.1. The molecule has 2 N–H and O–H groups in total. The summed E-state index contributed by atoms with van der Waals surface area (Å²) < 4.78 is 20.3. The fourth-order valence-electron chi connectivity index (χ4n) is 4.94. The van der Waals surface area contributed by atoms with E-state index in [0.29, 0.717) is 46.7 Å². The Morgan fingerprint density at radius 3 is 2.81 bits per heavy atom. The van der Waals surface area contributed by atoms with Crippen LogP contribution in [-0.4, -0.2) is 48.3 Å². The first kappa shape index (κ1) is 20.8. The maximum atomic E-state index is 15.0. The van der Waals surface area contributed by atoms with E-state index in [0.717, 1.165) is 18.8 Å². The van der Waals surface area contributed by atoms with E-state index in [-0.39, 0.29) is 6.10 Å². The molecule has 4 atom stereocenters. The van der Waals surface area contributed by atoms with E-state index < -0.39 is 17.3 Å². The van der Waals surface area contributed by atoms with Crippen LogP contribution in [0, 0.1) is 29.0 Å². The van der Waals surface area contributed by atoms with Gasteiger partial charge < -0.3 is 15.4 Å². The Balaban J connectivity index is 1.32. The van der Waals surface area contributed by atoms with Crippen molar-refractivity contribution in [2.75, 3.05) is 31.1 Å². The maximum absolute atomic E-state index is 15.0. The third kappa shape index (κ3) is 3.31. The van der Waals surface area contributed by atoms with Gasteiger partial charge in [0.1, 0.15) is 17.3 Å². The fraction of sp³-hybridized carbons (Fsp3) is 0.391. The van der Waals surface area contributed by atoms with Crippen LogP contribution in [0.15, 0.2) is 36.5 Å². The lowest BCUT2D eigenvalue weighted by Gasteiger charge is -2.15. The highest BCUT2D eigenvalue weighted by molar-refractivity contribution is 7.80. The first-order valence-corrected chi connectivity index (χ1v) is 11.0. The first-order chi connectivity index (χ1) is 15.4. The summed E-state index contributed by atoms with van der Waals surface area (Å²) in [4.78, 5) is 18.8. The maximum Gasteiger partial charge on any atom is 0.414 e. The van der Waals surface area contributed by atoms with Gasteiger partial charge in [0, 0.05) is 42.2 Å². The van der Waals surface area contributed by atoms with Crippen LogP contribution in [-0.2, 0) is 10.2 Å². The van der Waals surface area contributed by atoms with Gasteiger partial charge in [-0.05, 0) is 31.2 Å². The number of carbonyl (C=O) groups is 1. The summed E-state index contributed by atoms with van der Waals surface area (Å²) in [5.41, 5.74) is 1.68. The summed E-state index contributed by atoms with van der Waals surface area (Å²) in [5.74, 6) is 0.145. The molecule has 0 unspecified atom stereocenters. The molecule has 0 bridgehead atoms. The predicted molar refractivity (Wildman–Crippen MR) is 121 cm³/mol. The highest BCUT2D eigenvalue weighted by Crippen LogP contribution is 2.60. The summed E-state index contributed by atoms with van der Waals surface area (Å²) in [5, 5.41) is 16.0. The van der Waals surface area contributed by atoms with Gasteiger partial charge in [0.15, 0.2) is 0 Å². The lowest BCUT2D eigenvalue weighted by molar-refractivity contribution is 0.143. The molecule has 1 aromatic heterocycles. The Hall–Kier alpha value is -3.09. The number of amides is 1. The Morgan fingerprint density at radius 2 is 2.19 bits per heavy atom. The molecule has 7 nitrogen and oxygen atoms in total. The summed E-state index contributed by atoms with van der Waals surface area (Å²) in [7, 11) is 0. The van der Waals surface area contributed by atoms with Crippen molar-refractivity contribution in [1.82, 2.24) is 15.6 Å². The largest absolute Gasteiger partial charge is 0.442 e. The van der Waals surface area contributed by atoms with Gasteiger partial charge in [0.2, 0.25) is 0 Å². The number of hydrogen-bond acceptors (Lipinski definition) is 6. The number of thiocarbonyl (C=S) groups is 1. The molecule has 3 aliphatic rings. The van der Waals surface area contributed by atoms with Gasteiger partial charge in [-0.15, -0.1) is 0 Å². The minimum absolute atomic E-state index is 0.300. The third-order valence-corrected chi connectivity index (χ3v) is 6.82. The Labute approximate surface area is 190 Å². The second-order valence-corrected chi connectivity index (χ2v) is 9.11. The zero-order valence-corrected chi connectivity index (χ0v) is 18.3. The van der Waals surface area contributed by atoms with Crippen LogP contribution in [0.2, 0.25) is 0 Å². The molecule has 1 aromatic carbocycles. The van der Waals surface area contributed by atoms with Gasteiger partial charge >= 0.3 is 6.09 Å². The van der Waals surface area contributed by atoms with Crippen LogP contribution in [0.3, 0.4) is 0 Å². The molecule has 2 aliphatic heterocycles. The van der Waals surface area contributed by atoms with E-state index in [1.165, 1.54) is 11.0 Å². The molecule has 1 saturated carbocycles. The number of ether oxygens (including phenoxy) is 1. The van der Waals surface area contributed by atoms with Gasteiger partial charge in [0.25, 0.3) is 0 Å². The van der Waals surface area contributed by atoms with Gasteiger partial charge in [-0.2, -0.15) is 5.26 Å². The smallest absolute Gasteiger partial charge is 0.414 e. The number of hydrogen-bond donors (Lipinski definition) is 2. The molecular weight excluding hydrogens is 429 g/mol. The number of benzene rings is 1. The summed E-state index contributed by atoms with van der Waals surface area (Å²) in [6.07, 6.45) is 0.751. The molecule has 5 rings (SSSR count). The summed E-state index contributed by atoms with van der Waals surface area (Å²) in [6.45, 7) is 4.15. The van der Waals surface area contributed by atoms with Gasteiger partial charge in [-0.3, -0.25) is 9.88 Å². The van der Waals surface area contributed by atoms with Crippen molar-refractivity contribution >= 4 is 29.0 Å². The lowest BCUT2D eigenvalue weighted by atomic mass is 9.96. The molecule has 3 heterocycles. The number of aromatic nitrogens is 1. The van der Waals surface area contributed by atoms with Crippen molar-refractivity contribution in [1.29, 1.82) is 5.26 Å². The average molecular weight is 452 g/mol. The third-order valence-electron chi connectivity index (χ3n) is 6.68. The van der Waals surface area contributed by atoms with Gasteiger partial charge in [0.05, 0.1) is 35.5 Å². The number of rotatable bonds is 5. The lowest BCUT2D eigenvalue weighted by Crippen LogP contribution is -2.32. The predicted octanol–water partition coefficient (Wildman–Crippen LogP) is 2.76. The molecule has 0 spiro atoms. The van der Waals surface area contributed by atoms with E-state index in [1.54, 1.807) is 31.3 Å². The Morgan fingerprint density at radius 1 is 1.41 bits per heavy atom. The summed E-state index contributed by atoms with van der Waals surface area (Å²) >= 11 is 4.98. The molecule has 3 fully saturated rings. The molecule has 9 heteroatoms. The number of fused-ring (bicyclic) bond motifs is 1. The fourth-order valence-corrected chi connectivity index (χ4v) is 5.03. The quantitative estimate of drug-likeness (QED) is 0.676. The van der Waals surface area contributed by atoms with Crippen LogP contribution in [0.4, 0.5) is 14.9 Å². The highest BCUT2D eigenvalue weighted by Gasteiger charge is 2.69. The number of halogens is 1. The molecule has 0 radical (unpaired) electrons. The van der Waals surface area contributed by atoms with Crippen LogP contribution >= 0.6 is 12.2 Å². The highest BCUT2D eigenvalue weighted by atomic mass is 32.1. The van der Waals surface area contributed by atoms with Crippen molar-refractivity contribution in [2.24, 2.45) is 11.8 Å².